The van der Waals surface area contributed by atoms with Gasteiger partial charge in [0.15, 0.2) is 0 Å². The second kappa shape index (κ2) is 7.59. The molecule has 0 fully saturated rings. The van der Waals surface area contributed by atoms with Gasteiger partial charge in [-0.2, -0.15) is 0 Å². The van der Waals surface area contributed by atoms with E-state index < -0.39 is 0 Å². The van der Waals surface area contributed by atoms with Crippen LogP contribution in [0.4, 0.5) is 5.69 Å². The molecule has 7 nitrogen and oxygen atoms in total. The number of amides is 1. The van der Waals surface area contributed by atoms with Crippen LogP contribution in [-0.2, 0) is 22.8 Å². The quantitative estimate of drug-likeness (QED) is 0.529. The lowest BCUT2D eigenvalue weighted by Gasteiger charge is -2.11. The molecule has 3 rings (SSSR count). The van der Waals surface area contributed by atoms with E-state index in [0.717, 1.165) is 16.5 Å². The van der Waals surface area contributed by atoms with Crippen molar-refractivity contribution in [1.29, 1.82) is 0 Å². The lowest BCUT2D eigenvalue weighted by atomic mass is 10.1. The summed E-state index contributed by atoms with van der Waals surface area (Å²) in [7, 11) is 0. The highest BCUT2D eigenvalue weighted by molar-refractivity contribution is 5.94. The molecule has 7 heteroatoms. The number of carbonyl (C=O) groups excluding carboxylic acids is 1. The first-order chi connectivity index (χ1) is 12.1. The zero-order valence-electron chi connectivity index (χ0n) is 13.7. The van der Waals surface area contributed by atoms with Crippen LogP contribution in [0.15, 0.2) is 48.8 Å². The van der Waals surface area contributed by atoms with Crippen molar-refractivity contribution in [2.24, 2.45) is 0 Å². The molecule has 1 amide bonds. The van der Waals surface area contributed by atoms with Crippen LogP contribution in [0.3, 0.4) is 0 Å². The Morgan fingerprint density at radius 3 is 2.88 bits per heavy atom. The standard InChI is InChI=1S/C18H18N4O3/c1-12(23)22-25-11-14-9-13(6-8-20-14)10-24-17-5-4-16(19)15-3-2-7-21-18(15)17/h2-9H,10-11,19H2,1H3,(H,22,23). The first kappa shape index (κ1) is 16.7. The Morgan fingerprint density at radius 2 is 2.04 bits per heavy atom. The second-order valence-electron chi connectivity index (χ2n) is 5.44. The third-order valence-electron chi connectivity index (χ3n) is 3.48. The molecule has 2 aromatic heterocycles. The topological polar surface area (TPSA) is 99.4 Å². The van der Waals surface area contributed by atoms with E-state index in [1.165, 1.54) is 6.92 Å². The average Bonchev–Trinajstić information content (AvgIpc) is 2.61. The molecule has 0 saturated carbocycles. The van der Waals surface area contributed by atoms with Gasteiger partial charge in [0.1, 0.15) is 24.5 Å². The van der Waals surface area contributed by atoms with Gasteiger partial charge in [-0.3, -0.25) is 19.6 Å². The van der Waals surface area contributed by atoms with Gasteiger partial charge in [-0.25, -0.2) is 5.48 Å². The lowest BCUT2D eigenvalue weighted by Crippen LogP contribution is -2.20. The summed E-state index contributed by atoms with van der Waals surface area (Å²) >= 11 is 0. The average molecular weight is 338 g/mol. The number of nitrogens with one attached hydrogen (secondary N) is 1. The number of nitrogens with two attached hydrogens (primary N) is 1. The van der Waals surface area contributed by atoms with Crippen LogP contribution >= 0.6 is 0 Å². The maximum Gasteiger partial charge on any atom is 0.240 e. The Bertz CT molecular complexity index is 898. The maximum atomic E-state index is 10.8. The molecule has 3 N–H and O–H groups in total. The number of hydrogen-bond acceptors (Lipinski definition) is 6. The third kappa shape index (κ3) is 4.21. The highest BCUT2D eigenvalue weighted by atomic mass is 16.6. The summed E-state index contributed by atoms with van der Waals surface area (Å²) in [6.07, 6.45) is 3.38. The Kier molecular flexibility index (Phi) is 5.06. The van der Waals surface area contributed by atoms with E-state index in [9.17, 15) is 4.79 Å². The van der Waals surface area contributed by atoms with E-state index >= 15 is 0 Å². The van der Waals surface area contributed by atoms with Crippen molar-refractivity contribution in [2.45, 2.75) is 20.1 Å². The molecule has 0 aliphatic heterocycles. The van der Waals surface area contributed by atoms with Crippen LogP contribution in [0.2, 0.25) is 0 Å². The van der Waals surface area contributed by atoms with Gasteiger partial charge in [0.2, 0.25) is 5.91 Å². The molecule has 2 heterocycles. The van der Waals surface area contributed by atoms with Gasteiger partial charge in [-0.15, -0.1) is 0 Å². The molecule has 0 radical (unpaired) electrons. The number of anilines is 1. The summed E-state index contributed by atoms with van der Waals surface area (Å²) < 4.78 is 5.90. The lowest BCUT2D eigenvalue weighted by molar-refractivity contribution is -0.132. The van der Waals surface area contributed by atoms with Crippen molar-refractivity contribution >= 4 is 22.5 Å². The molecular formula is C18H18N4O3. The molecule has 3 aromatic rings. The number of pyridine rings is 2. The van der Waals surface area contributed by atoms with Gasteiger partial charge in [-0.05, 0) is 42.0 Å². The molecule has 0 saturated heterocycles. The summed E-state index contributed by atoms with van der Waals surface area (Å²) in [4.78, 5) is 24.4. The first-order valence-electron chi connectivity index (χ1n) is 7.71. The Balaban J connectivity index is 1.70. The van der Waals surface area contributed by atoms with Crippen molar-refractivity contribution in [3.63, 3.8) is 0 Å². The van der Waals surface area contributed by atoms with Crippen molar-refractivity contribution in [2.75, 3.05) is 5.73 Å². The van der Waals surface area contributed by atoms with E-state index in [2.05, 4.69) is 15.4 Å². The fourth-order valence-corrected chi connectivity index (χ4v) is 2.35. The van der Waals surface area contributed by atoms with Crippen molar-refractivity contribution in [3.05, 3.63) is 60.0 Å². The number of hydroxylamine groups is 1. The molecule has 1 aromatic carbocycles. The molecule has 128 valence electrons. The summed E-state index contributed by atoms with van der Waals surface area (Å²) in [5.74, 6) is 0.403. The Labute approximate surface area is 144 Å². The normalized spacial score (nSPS) is 10.6. The third-order valence-corrected chi connectivity index (χ3v) is 3.48. The minimum absolute atomic E-state index is 0.180. The van der Waals surface area contributed by atoms with Crippen molar-refractivity contribution < 1.29 is 14.4 Å². The predicted molar refractivity (Wildman–Crippen MR) is 93.3 cm³/mol. The van der Waals surface area contributed by atoms with Crippen molar-refractivity contribution in [1.82, 2.24) is 15.4 Å². The number of hydrogen-bond donors (Lipinski definition) is 2. The Hall–Kier alpha value is -3.19. The molecular weight excluding hydrogens is 320 g/mol. The minimum atomic E-state index is -0.262. The van der Waals surface area contributed by atoms with Gasteiger partial charge in [0, 0.05) is 30.4 Å². The molecule has 0 aliphatic rings. The molecule has 0 unspecified atom stereocenters. The SMILES string of the molecule is CC(=O)NOCc1cc(COc2ccc(N)c3cccnc23)ccn1. The van der Waals surface area contributed by atoms with E-state index in [-0.39, 0.29) is 12.5 Å². The Morgan fingerprint density at radius 1 is 1.16 bits per heavy atom. The van der Waals surface area contributed by atoms with Gasteiger partial charge in [0.05, 0.1) is 5.69 Å². The highest BCUT2D eigenvalue weighted by Gasteiger charge is 2.07. The van der Waals surface area contributed by atoms with Crippen LogP contribution < -0.4 is 16.0 Å². The molecule has 0 spiro atoms. The van der Waals surface area contributed by atoms with E-state index in [4.69, 9.17) is 15.3 Å². The largest absolute Gasteiger partial charge is 0.487 e. The fourth-order valence-electron chi connectivity index (χ4n) is 2.35. The molecule has 0 aliphatic carbocycles. The minimum Gasteiger partial charge on any atom is -0.487 e. The zero-order chi connectivity index (χ0) is 17.6. The van der Waals surface area contributed by atoms with Gasteiger partial charge in [0.25, 0.3) is 0 Å². The fraction of sp³-hybridized carbons (Fsp3) is 0.167. The van der Waals surface area contributed by atoms with Crippen LogP contribution in [0, 0.1) is 0 Å². The smallest absolute Gasteiger partial charge is 0.240 e. The summed E-state index contributed by atoms with van der Waals surface area (Å²) in [6.45, 7) is 1.91. The highest BCUT2D eigenvalue weighted by Crippen LogP contribution is 2.28. The maximum absolute atomic E-state index is 10.8. The van der Waals surface area contributed by atoms with E-state index in [0.29, 0.717) is 23.7 Å². The van der Waals surface area contributed by atoms with Crippen LogP contribution in [0.1, 0.15) is 18.2 Å². The number of aromatic nitrogens is 2. The summed E-state index contributed by atoms with van der Waals surface area (Å²) in [6, 6.07) is 11.1. The van der Waals surface area contributed by atoms with Crippen molar-refractivity contribution in [3.8, 4) is 5.75 Å². The second-order valence-corrected chi connectivity index (χ2v) is 5.44. The number of nitrogens with zero attached hydrogens (tertiary/aromatic N) is 2. The van der Waals surface area contributed by atoms with Gasteiger partial charge < -0.3 is 10.5 Å². The summed E-state index contributed by atoms with van der Waals surface area (Å²) in [5, 5.41) is 0.860. The molecule has 0 atom stereocenters. The monoisotopic (exact) mass is 338 g/mol. The summed E-state index contributed by atoms with van der Waals surface area (Å²) in [5.41, 5.74) is 11.2. The van der Waals surface area contributed by atoms with Crippen LogP contribution in [0.25, 0.3) is 10.9 Å². The van der Waals surface area contributed by atoms with E-state index in [1.807, 2.05) is 30.3 Å². The number of nitrogen functional groups attached to an aromatic ring is 1. The van der Waals surface area contributed by atoms with Gasteiger partial charge in [-0.1, -0.05) is 0 Å². The number of fused-ring (bicyclic) bond motifs is 1. The molecule has 0 bridgehead atoms. The number of carbonyl (C=O) groups is 1. The number of benzene rings is 1. The van der Waals surface area contributed by atoms with E-state index in [1.54, 1.807) is 18.5 Å². The molecule has 25 heavy (non-hydrogen) atoms. The number of ether oxygens (including phenoxy) is 1. The predicted octanol–water partition coefficient (Wildman–Crippen LogP) is 2.36. The van der Waals surface area contributed by atoms with Crippen LogP contribution in [-0.4, -0.2) is 15.9 Å². The number of rotatable bonds is 6. The van der Waals surface area contributed by atoms with Crippen LogP contribution in [0.5, 0.6) is 5.75 Å². The van der Waals surface area contributed by atoms with Gasteiger partial charge >= 0.3 is 0 Å². The first-order valence-corrected chi connectivity index (χ1v) is 7.71. The zero-order valence-corrected chi connectivity index (χ0v) is 13.7.